The molecule has 2 saturated heterocycles. The van der Waals surface area contributed by atoms with Crippen LogP contribution in [0.2, 0.25) is 0 Å². The number of benzene rings is 2. The Hall–Kier alpha value is -3.37. The molecule has 1 atom stereocenters. The molecule has 0 aliphatic carbocycles. The minimum absolute atomic E-state index is 0.146. The molecule has 2 aromatic carbocycles. The van der Waals surface area contributed by atoms with E-state index in [1.165, 1.54) is 17.8 Å². The van der Waals surface area contributed by atoms with E-state index in [1.54, 1.807) is 29.4 Å². The highest BCUT2D eigenvalue weighted by Crippen LogP contribution is 2.47. The average molecular weight is 540 g/mol. The van der Waals surface area contributed by atoms with Gasteiger partial charge in [0.05, 0.1) is 10.5 Å². The van der Waals surface area contributed by atoms with Crippen LogP contribution in [0.4, 0.5) is 19.1 Å². The van der Waals surface area contributed by atoms with Crippen molar-refractivity contribution in [2.45, 2.75) is 18.0 Å². The Bertz CT molecular complexity index is 1260. The first-order chi connectivity index (χ1) is 18.4. The number of carbonyl (C=O) groups excluding carboxylic acids is 1. The lowest BCUT2D eigenvalue weighted by Crippen LogP contribution is -2.47. The summed E-state index contributed by atoms with van der Waals surface area (Å²) in [6.07, 6.45) is 1.58. The van der Waals surface area contributed by atoms with Crippen molar-refractivity contribution in [3.05, 3.63) is 94.7 Å². The molecule has 1 aromatic heterocycles. The van der Waals surface area contributed by atoms with Gasteiger partial charge in [-0.25, -0.2) is 9.97 Å². The Morgan fingerprint density at radius 1 is 0.921 bits per heavy atom. The quantitative estimate of drug-likeness (QED) is 0.379. The maximum Gasteiger partial charge on any atom is 0.416 e. The summed E-state index contributed by atoms with van der Waals surface area (Å²) in [6.45, 7) is 4.61. The molecule has 3 heterocycles. The van der Waals surface area contributed by atoms with Crippen LogP contribution in [-0.2, 0) is 11.0 Å². The predicted octanol–water partition coefficient (Wildman–Crippen LogP) is 5.32. The highest BCUT2D eigenvalue weighted by atomic mass is 32.2. The summed E-state index contributed by atoms with van der Waals surface area (Å²) >= 11 is 1.31. The van der Waals surface area contributed by atoms with Crippen LogP contribution in [0.3, 0.4) is 0 Å². The number of rotatable bonds is 7. The van der Waals surface area contributed by atoms with E-state index in [2.05, 4.69) is 19.8 Å². The molecule has 0 N–H and O–H groups in total. The van der Waals surface area contributed by atoms with Crippen molar-refractivity contribution in [2.75, 3.05) is 44.2 Å². The smallest absolute Gasteiger partial charge is 0.338 e. The Morgan fingerprint density at radius 3 is 2.37 bits per heavy atom. The first-order valence-corrected chi connectivity index (χ1v) is 13.4. The van der Waals surface area contributed by atoms with Crippen LogP contribution < -0.4 is 4.90 Å². The zero-order chi connectivity index (χ0) is 26.5. The van der Waals surface area contributed by atoms with Crippen LogP contribution in [0.15, 0.2) is 78.0 Å². The molecule has 1 amide bonds. The molecular formula is C28H28F3N5OS. The molecule has 2 fully saturated rings. The number of halogens is 3. The molecule has 6 nitrogen and oxygen atoms in total. The van der Waals surface area contributed by atoms with Gasteiger partial charge in [-0.3, -0.25) is 9.69 Å². The summed E-state index contributed by atoms with van der Waals surface area (Å²) in [6, 6.07) is 16.6. The number of anilines is 1. The van der Waals surface area contributed by atoms with Gasteiger partial charge in [0.25, 0.3) is 5.91 Å². The maximum absolute atomic E-state index is 13.4. The van der Waals surface area contributed by atoms with Crippen molar-refractivity contribution in [1.29, 1.82) is 0 Å². The van der Waals surface area contributed by atoms with E-state index in [1.807, 2.05) is 36.4 Å². The van der Waals surface area contributed by atoms with Crippen LogP contribution in [0, 0.1) is 0 Å². The van der Waals surface area contributed by atoms with E-state index in [4.69, 9.17) is 0 Å². The summed E-state index contributed by atoms with van der Waals surface area (Å²) in [7, 11) is 0. The summed E-state index contributed by atoms with van der Waals surface area (Å²) in [5.74, 6) is 0.584. The molecule has 0 saturated carbocycles. The van der Waals surface area contributed by atoms with Gasteiger partial charge in [-0.15, -0.1) is 0 Å². The molecule has 2 aliphatic rings. The molecule has 5 rings (SSSR count). The van der Waals surface area contributed by atoms with Crippen molar-refractivity contribution in [3.63, 3.8) is 0 Å². The van der Waals surface area contributed by atoms with Crippen LogP contribution >= 0.6 is 11.8 Å². The maximum atomic E-state index is 13.4. The molecule has 0 spiro atoms. The third-order valence-electron chi connectivity index (χ3n) is 6.67. The first-order valence-electron chi connectivity index (χ1n) is 12.5. The van der Waals surface area contributed by atoms with Gasteiger partial charge in [-0.05, 0) is 48.4 Å². The number of nitrogens with zero attached hydrogens (tertiary/aromatic N) is 5. The van der Waals surface area contributed by atoms with E-state index >= 15 is 0 Å². The molecule has 198 valence electrons. The van der Waals surface area contributed by atoms with Gasteiger partial charge in [-0.2, -0.15) is 13.2 Å². The minimum atomic E-state index is -4.44. The van der Waals surface area contributed by atoms with E-state index in [-0.39, 0.29) is 5.91 Å². The Balaban J connectivity index is 1.27. The molecule has 0 radical (unpaired) electrons. The fourth-order valence-electron chi connectivity index (χ4n) is 4.70. The van der Waals surface area contributed by atoms with Crippen molar-refractivity contribution in [2.24, 2.45) is 0 Å². The van der Waals surface area contributed by atoms with Gasteiger partial charge in [0.2, 0.25) is 5.95 Å². The zero-order valence-electron chi connectivity index (χ0n) is 20.7. The molecule has 1 unspecified atom stereocenters. The van der Waals surface area contributed by atoms with Gasteiger partial charge in [0.1, 0.15) is 5.37 Å². The second kappa shape index (κ2) is 11.6. The summed E-state index contributed by atoms with van der Waals surface area (Å²) in [5.41, 5.74) is 0.656. The van der Waals surface area contributed by atoms with Crippen molar-refractivity contribution < 1.29 is 18.0 Å². The summed E-state index contributed by atoms with van der Waals surface area (Å²) in [4.78, 5) is 28.8. The number of amides is 1. The third-order valence-corrected chi connectivity index (χ3v) is 7.97. The Labute approximate surface area is 224 Å². The highest BCUT2D eigenvalue weighted by Gasteiger charge is 2.38. The Kier molecular flexibility index (Phi) is 7.99. The largest absolute Gasteiger partial charge is 0.416 e. The van der Waals surface area contributed by atoms with Crippen LogP contribution in [0.25, 0.3) is 6.08 Å². The van der Waals surface area contributed by atoms with Crippen LogP contribution in [0.1, 0.15) is 28.5 Å². The second-order valence-electron chi connectivity index (χ2n) is 9.24. The minimum Gasteiger partial charge on any atom is -0.338 e. The summed E-state index contributed by atoms with van der Waals surface area (Å²) in [5, 5.41) is -0.508. The molecule has 38 heavy (non-hydrogen) atoms. The number of hydrogen-bond donors (Lipinski definition) is 0. The lowest BCUT2D eigenvalue weighted by molar-refractivity contribution is -0.137. The third kappa shape index (κ3) is 6.19. The number of piperazine rings is 1. The lowest BCUT2D eigenvalue weighted by atomic mass is 10.1. The first kappa shape index (κ1) is 26.2. The molecule has 10 heteroatoms. The number of alkyl halides is 3. The Morgan fingerprint density at radius 2 is 1.66 bits per heavy atom. The fraction of sp³-hybridized carbons (Fsp3) is 0.321. The van der Waals surface area contributed by atoms with Gasteiger partial charge < -0.3 is 9.80 Å². The SMILES string of the molecule is O=C1C(=Cc2ccccc2)SC(c2cccc(C(F)(F)F)c2)N1CCCN1CCN(c2ncccn2)CC1. The van der Waals surface area contributed by atoms with Crippen molar-refractivity contribution in [1.82, 2.24) is 19.8 Å². The number of aromatic nitrogens is 2. The van der Waals surface area contributed by atoms with E-state index in [0.29, 0.717) is 17.0 Å². The van der Waals surface area contributed by atoms with Crippen LogP contribution in [0.5, 0.6) is 0 Å². The van der Waals surface area contributed by atoms with E-state index in [0.717, 1.165) is 62.8 Å². The topological polar surface area (TPSA) is 52.6 Å². The second-order valence-corrected chi connectivity index (χ2v) is 10.4. The molecule has 0 bridgehead atoms. The fourth-order valence-corrected chi connectivity index (χ4v) is 5.98. The molecular weight excluding hydrogens is 511 g/mol. The molecule has 2 aliphatic heterocycles. The van der Waals surface area contributed by atoms with E-state index < -0.39 is 17.1 Å². The van der Waals surface area contributed by atoms with Crippen molar-refractivity contribution >= 4 is 29.7 Å². The zero-order valence-corrected chi connectivity index (χ0v) is 21.5. The van der Waals surface area contributed by atoms with Gasteiger partial charge in [0, 0.05) is 45.1 Å². The predicted molar refractivity (Wildman–Crippen MR) is 143 cm³/mol. The number of hydrogen-bond acceptors (Lipinski definition) is 6. The number of carbonyl (C=O) groups is 1. The molecule has 3 aromatic rings. The van der Waals surface area contributed by atoms with Gasteiger partial charge in [-0.1, -0.05) is 54.2 Å². The number of thioether (sulfide) groups is 1. The van der Waals surface area contributed by atoms with Gasteiger partial charge in [0.15, 0.2) is 0 Å². The van der Waals surface area contributed by atoms with E-state index in [9.17, 15) is 18.0 Å². The van der Waals surface area contributed by atoms with Gasteiger partial charge >= 0.3 is 6.18 Å². The normalized spacial score (nSPS) is 19.9. The van der Waals surface area contributed by atoms with Crippen molar-refractivity contribution in [3.8, 4) is 0 Å². The standard InChI is InChI=1S/C28H28F3N5OS/c29-28(30,31)23-10-4-9-22(20-23)26-36(25(37)24(38-26)19-21-7-2-1-3-8-21)14-6-13-34-15-17-35(18-16-34)27-32-11-5-12-33-27/h1-5,7-12,19-20,26H,6,13-18H2. The van der Waals surface area contributed by atoms with Crippen LogP contribution in [-0.4, -0.2) is 64.9 Å². The summed E-state index contributed by atoms with van der Waals surface area (Å²) < 4.78 is 40.3. The highest BCUT2D eigenvalue weighted by molar-refractivity contribution is 8.04. The monoisotopic (exact) mass is 539 g/mol. The lowest BCUT2D eigenvalue weighted by Gasteiger charge is -2.35. The average Bonchev–Trinajstić information content (AvgIpc) is 3.24.